The summed E-state index contributed by atoms with van der Waals surface area (Å²) in [6.45, 7) is 3.18. The van der Waals surface area contributed by atoms with Gasteiger partial charge in [0.1, 0.15) is 5.60 Å². The predicted molar refractivity (Wildman–Crippen MR) is 63.8 cm³/mol. The molecule has 1 atom stereocenters. The minimum atomic E-state index is -0.313. The van der Waals surface area contributed by atoms with Crippen molar-refractivity contribution >= 4 is 5.91 Å². The van der Waals surface area contributed by atoms with Crippen molar-refractivity contribution in [2.24, 2.45) is 5.92 Å². The van der Waals surface area contributed by atoms with E-state index in [4.69, 9.17) is 9.47 Å². The Morgan fingerprint density at radius 3 is 2.94 bits per heavy atom. The SMILES string of the molecule is COC1(CNC(=O)CNCC2CC2)CCOC1. The Labute approximate surface area is 102 Å². The molecule has 1 saturated carbocycles. The lowest BCUT2D eigenvalue weighted by Crippen LogP contribution is -2.47. The molecular formula is C12H22N2O3. The fourth-order valence-electron chi connectivity index (χ4n) is 2.00. The number of amides is 1. The average molecular weight is 242 g/mol. The van der Waals surface area contributed by atoms with Gasteiger partial charge in [-0.15, -0.1) is 0 Å². The summed E-state index contributed by atoms with van der Waals surface area (Å²) in [4.78, 5) is 11.6. The van der Waals surface area contributed by atoms with Crippen LogP contribution in [0.1, 0.15) is 19.3 Å². The lowest BCUT2D eigenvalue weighted by molar-refractivity contribution is -0.121. The second-order valence-corrected chi connectivity index (χ2v) is 5.04. The number of carbonyl (C=O) groups excluding carboxylic acids is 1. The van der Waals surface area contributed by atoms with Gasteiger partial charge in [0.15, 0.2) is 0 Å². The van der Waals surface area contributed by atoms with Crippen molar-refractivity contribution in [1.82, 2.24) is 10.6 Å². The maximum Gasteiger partial charge on any atom is 0.234 e. The molecule has 2 rings (SSSR count). The van der Waals surface area contributed by atoms with Gasteiger partial charge in [-0.3, -0.25) is 4.79 Å². The van der Waals surface area contributed by atoms with Crippen molar-refractivity contribution in [1.29, 1.82) is 0 Å². The maximum absolute atomic E-state index is 11.6. The molecular weight excluding hydrogens is 220 g/mol. The minimum absolute atomic E-state index is 0.0361. The highest BCUT2D eigenvalue weighted by Crippen LogP contribution is 2.27. The van der Waals surface area contributed by atoms with E-state index in [2.05, 4.69) is 10.6 Å². The Hall–Kier alpha value is -0.650. The molecule has 98 valence electrons. The van der Waals surface area contributed by atoms with E-state index in [1.165, 1.54) is 12.8 Å². The second kappa shape index (κ2) is 5.80. The standard InChI is InChI=1S/C12H22N2O3/c1-16-12(4-5-17-9-12)8-14-11(15)7-13-6-10-2-3-10/h10,13H,2-9H2,1H3,(H,14,15). The molecule has 0 bridgehead atoms. The molecule has 5 heteroatoms. The van der Waals surface area contributed by atoms with Gasteiger partial charge in [0.25, 0.3) is 0 Å². The Bertz CT molecular complexity index is 260. The average Bonchev–Trinajstić information content (AvgIpc) is 3.04. The zero-order valence-corrected chi connectivity index (χ0v) is 10.5. The van der Waals surface area contributed by atoms with Crippen LogP contribution in [0, 0.1) is 5.92 Å². The van der Waals surface area contributed by atoms with E-state index in [-0.39, 0.29) is 11.5 Å². The molecule has 2 N–H and O–H groups in total. The molecule has 0 spiro atoms. The molecule has 1 amide bonds. The molecule has 1 aliphatic heterocycles. The molecule has 2 fully saturated rings. The number of rotatable bonds is 7. The second-order valence-electron chi connectivity index (χ2n) is 5.04. The summed E-state index contributed by atoms with van der Waals surface area (Å²) in [7, 11) is 1.67. The van der Waals surface area contributed by atoms with Crippen LogP contribution in [0.4, 0.5) is 0 Å². The lowest BCUT2D eigenvalue weighted by Gasteiger charge is -2.25. The first-order chi connectivity index (χ1) is 8.24. The number of ether oxygens (including phenoxy) is 2. The Morgan fingerprint density at radius 1 is 1.53 bits per heavy atom. The summed E-state index contributed by atoms with van der Waals surface area (Å²) in [5.74, 6) is 0.838. The first kappa shape index (κ1) is 12.8. The molecule has 0 aromatic rings. The van der Waals surface area contributed by atoms with Crippen molar-refractivity contribution in [3.8, 4) is 0 Å². The van der Waals surface area contributed by atoms with Crippen LogP contribution in [0.15, 0.2) is 0 Å². The number of methoxy groups -OCH3 is 1. The molecule has 17 heavy (non-hydrogen) atoms. The summed E-state index contributed by atoms with van der Waals surface area (Å²) in [6, 6.07) is 0. The van der Waals surface area contributed by atoms with Crippen molar-refractivity contribution < 1.29 is 14.3 Å². The van der Waals surface area contributed by atoms with E-state index in [1.807, 2.05) is 0 Å². The molecule has 1 saturated heterocycles. The summed E-state index contributed by atoms with van der Waals surface area (Å²) in [6.07, 6.45) is 3.46. The summed E-state index contributed by atoms with van der Waals surface area (Å²) < 4.78 is 10.8. The molecule has 1 aliphatic carbocycles. The highest BCUT2D eigenvalue weighted by molar-refractivity contribution is 5.78. The Morgan fingerprint density at radius 2 is 2.35 bits per heavy atom. The van der Waals surface area contributed by atoms with Crippen LogP contribution in [-0.4, -0.2) is 51.5 Å². The molecule has 1 unspecified atom stereocenters. The Kier molecular flexibility index (Phi) is 4.36. The van der Waals surface area contributed by atoms with Crippen LogP contribution in [0.3, 0.4) is 0 Å². The number of nitrogens with one attached hydrogen (secondary N) is 2. The monoisotopic (exact) mass is 242 g/mol. The van der Waals surface area contributed by atoms with Crippen molar-refractivity contribution in [3.63, 3.8) is 0 Å². The minimum Gasteiger partial charge on any atom is -0.378 e. The zero-order valence-electron chi connectivity index (χ0n) is 10.5. The molecule has 0 aromatic heterocycles. The van der Waals surface area contributed by atoms with E-state index >= 15 is 0 Å². The quantitative estimate of drug-likeness (QED) is 0.655. The summed E-state index contributed by atoms with van der Waals surface area (Å²) in [5.41, 5.74) is -0.313. The molecule has 0 radical (unpaired) electrons. The van der Waals surface area contributed by atoms with Crippen LogP contribution in [0.25, 0.3) is 0 Å². The van der Waals surface area contributed by atoms with Gasteiger partial charge in [-0.2, -0.15) is 0 Å². The highest BCUT2D eigenvalue weighted by Gasteiger charge is 2.35. The van der Waals surface area contributed by atoms with Crippen molar-refractivity contribution in [2.75, 3.05) is 40.0 Å². The highest BCUT2D eigenvalue weighted by atomic mass is 16.5. The normalized spacial score (nSPS) is 28.3. The number of hydrogen-bond donors (Lipinski definition) is 2. The summed E-state index contributed by atoms with van der Waals surface area (Å²) >= 11 is 0. The van der Waals surface area contributed by atoms with Crippen LogP contribution in [0.5, 0.6) is 0 Å². The van der Waals surface area contributed by atoms with Gasteiger partial charge in [-0.1, -0.05) is 0 Å². The van der Waals surface area contributed by atoms with E-state index in [0.717, 1.165) is 18.9 Å². The van der Waals surface area contributed by atoms with Crippen molar-refractivity contribution in [2.45, 2.75) is 24.9 Å². The molecule has 2 aliphatic rings. The first-order valence-electron chi connectivity index (χ1n) is 6.34. The van der Waals surface area contributed by atoms with E-state index in [0.29, 0.717) is 26.3 Å². The number of carbonyl (C=O) groups is 1. The maximum atomic E-state index is 11.6. The van der Waals surface area contributed by atoms with Gasteiger partial charge in [0.2, 0.25) is 5.91 Å². The largest absolute Gasteiger partial charge is 0.378 e. The van der Waals surface area contributed by atoms with Gasteiger partial charge in [0, 0.05) is 26.7 Å². The van der Waals surface area contributed by atoms with Gasteiger partial charge >= 0.3 is 0 Å². The van der Waals surface area contributed by atoms with Gasteiger partial charge < -0.3 is 20.1 Å². The topological polar surface area (TPSA) is 59.6 Å². The third-order valence-corrected chi connectivity index (χ3v) is 3.52. The zero-order chi connectivity index (χ0) is 12.1. The van der Waals surface area contributed by atoms with Crippen molar-refractivity contribution in [3.05, 3.63) is 0 Å². The van der Waals surface area contributed by atoms with E-state index in [9.17, 15) is 4.79 Å². The smallest absolute Gasteiger partial charge is 0.234 e. The fourth-order valence-corrected chi connectivity index (χ4v) is 2.00. The predicted octanol–water partition coefficient (Wildman–Crippen LogP) is -0.0923. The number of hydrogen-bond acceptors (Lipinski definition) is 4. The van der Waals surface area contributed by atoms with Crippen LogP contribution < -0.4 is 10.6 Å². The van der Waals surface area contributed by atoms with E-state index in [1.54, 1.807) is 7.11 Å². The molecule has 1 heterocycles. The van der Waals surface area contributed by atoms with Gasteiger partial charge in [-0.25, -0.2) is 0 Å². The van der Waals surface area contributed by atoms with Gasteiger partial charge in [-0.05, 0) is 25.3 Å². The molecule has 5 nitrogen and oxygen atoms in total. The third kappa shape index (κ3) is 3.94. The third-order valence-electron chi connectivity index (χ3n) is 3.52. The lowest BCUT2D eigenvalue weighted by atomic mass is 10.0. The van der Waals surface area contributed by atoms with Gasteiger partial charge in [0.05, 0.1) is 13.2 Å². The van der Waals surface area contributed by atoms with E-state index < -0.39 is 0 Å². The summed E-state index contributed by atoms with van der Waals surface area (Å²) in [5, 5.41) is 6.07. The van der Waals surface area contributed by atoms with Crippen LogP contribution >= 0.6 is 0 Å². The first-order valence-corrected chi connectivity index (χ1v) is 6.34. The van der Waals surface area contributed by atoms with Crippen LogP contribution in [-0.2, 0) is 14.3 Å². The Balaban J connectivity index is 1.60. The van der Waals surface area contributed by atoms with Crippen LogP contribution in [0.2, 0.25) is 0 Å². The molecule has 0 aromatic carbocycles. The fraction of sp³-hybridized carbons (Fsp3) is 0.917.